The molecule has 8 heavy (non-hydrogen) atoms. The predicted molar refractivity (Wildman–Crippen MR) is 34.7 cm³/mol. The molecule has 0 unspecified atom stereocenters. The number of hydrogen-bond acceptors (Lipinski definition) is 0. The van der Waals surface area contributed by atoms with E-state index in [4.69, 9.17) is 0 Å². The van der Waals surface area contributed by atoms with Crippen LogP contribution in [0, 0.1) is 5.92 Å². The molecule has 1 heteroatoms. The number of nitrogens with two attached hydrogens (primary N) is 1. The van der Waals surface area contributed by atoms with Crippen LogP contribution in [-0.2, 0) is 0 Å². The first-order valence-electron chi connectivity index (χ1n) is 3.47. The minimum Gasteiger partial charge on any atom is -0.344 e. The van der Waals surface area contributed by atoms with E-state index in [0.29, 0.717) is 5.54 Å². The summed E-state index contributed by atoms with van der Waals surface area (Å²) in [6.07, 6.45) is 2.91. The molecule has 0 aromatic rings. The van der Waals surface area contributed by atoms with Gasteiger partial charge in [-0.05, 0) is 26.7 Å². The lowest BCUT2D eigenvalue weighted by Crippen LogP contribution is -2.92. The van der Waals surface area contributed by atoms with Gasteiger partial charge in [-0.15, -0.1) is 0 Å². The van der Waals surface area contributed by atoms with Crippen molar-refractivity contribution in [3.8, 4) is 0 Å². The average Bonchev–Trinajstić information content (AvgIpc) is 2.44. The van der Waals surface area contributed by atoms with E-state index >= 15 is 0 Å². The Labute approximate surface area is 51.5 Å². The summed E-state index contributed by atoms with van der Waals surface area (Å²) in [4.78, 5) is 0. The fourth-order valence-corrected chi connectivity index (χ4v) is 1.06. The maximum Gasteiger partial charge on any atom is 0.0930 e. The van der Waals surface area contributed by atoms with E-state index in [1.807, 2.05) is 0 Å². The highest BCUT2D eigenvalue weighted by atomic mass is 14.9. The van der Waals surface area contributed by atoms with Gasteiger partial charge in [0.05, 0.1) is 12.6 Å². The molecule has 0 aromatic carbocycles. The zero-order valence-electron chi connectivity index (χ0n) is 6.07. The van der Waals surface area contributed by atoms with Crippen LogP contribution in [0.2, 0.25) is 0 Å². The van der Waals surface area contributed by atoms with Crippen LogP contribution in [0.5, 0.6) is 0 Å². The molecule has 1 saturated carbocycles. The Balaban J connectivity index is 2.37. The molecular weight excluding hydrogens is 98.1 g/mol. The van der Waals surface area contributed by atoms with Crippen molar-refractivity contribution >= 4 is 0 Å². The molecule has 1 aliphatic carbocycles. The van der Waals surface area contributed by atoms with Crippen LogP contribution in [0.15, 0.2) is 0 Å². The van der Waals surface area contributed by atoms with Gasteiger partial charge in [-0.2, -0.15) is 0 Å². The molecule has 0 radical (unpaired) electrons. The Bertz CT molecular complexity index is 82.4. The van der Waals surface area contributed by atoms with Gasteiger partial charge in [0.2, 0.25) is 0 Å². The molecule has 1 rings (SSSR count). The summed E-state index contributed by atoms with van der Waals surface area (Å²) < 4.78 is 0. The van der Waals surface area contributed by atoms with E-state index in [0.717, 1.165) is 5.92 Å². The molecule has 1 nitrogen and oxygen atoms in total. The van der Waals surface area contributed by atoms with E-state index < -0.39 is 0 Å². The van der Waals surface area contributed by atoms with Crippen molar-refractivity contribution < 1.29 is 5.32 Å². The van der Waals surface area contributed by atoms with Crippen molar-refractivity contribution in [1.29, 1.82) is 0 Å². The van der Waals surface area contributed by atoms with E-state index in [9.17, 15) is 0 Å². The van der Waals surface area contributed by atoms with E-state index in [1.54, 1.807) is 0 Å². The minimum absolute atomic E-state index is 0.528. The van der Waals surface area contributed by atoms with Gasteiger partial charge in [0.25, 0.3) is 0 Å². The van der Waals surface area contributed by atoms with Crippen LogP contribution in [0.25, 0.3) is 0 Å². The Hall–Kier alpha value is -0.0400. The van der Waals surface area contributed by atoms with Crippen LogP contribution < -0.4 is 5.32 Å². The fraction of sp³-hybridized carbons (Fsp3) is 1.00. The van der Waals surface area contributed by atoms with Crippen LogP contribution in [0.4, 0.5) is 0 Å². The summed E-state index contributed by atoms with van der Waals surface area (Å²) in [5.41, 5.74) is 0.528. The highest BCUT2D eigenvalue weighted by molar-refractivity contribution is 4.86. The molecule has 0 aliphatic heterocycles. The van der Waals surface area contributed by atoms with E-state index in [1.165, 1.54) is 12.8 Å². The Morgan fingerprint density at radius 1 is 1.38 bits per heavy atom. The second kappa shape index (κ2) is 1.73. The quantitative estimate of drug-likeness (QED) is 0.534. The molecule has 1 aliphatic rings. The predicted octanol–water partition coefficient (Wildman–Crippen LogP) is 0.368. The lowest BCUT2D eigenvalue weighted by Gasteiger charge is -2.18. The highest BCUT2D eigenvalue weighted by Crippen LogP contribution is 2.36. The molecule has 0 aromatic heterocycles. The Kier molecular flexibility index (Phi) is 1.31. The van der Waals surface area contributed by atoms with E-state index in [-0.39, 0.29) is 0 Å². The summed E-state index contributed by atoms with van der Waals surface area (Å²) in [7, 11) is 2.16. The van der Waals surface area contributed by atoms with Crippen molar-refractivity contribution in [2.24, 2.45) is 5.92 Å². The third-order valence-corrected chi connectivity index (χ3v) is 2.37. The summed E-state index contributed by atoms with van der Waals surface area (Å²) >= 11 is 0. The highest BCUT2D eigenvalue weighted by Gasteiger charge is 2.39. The Morgan fingerprint density at radius 2 is 1.88 bits per heavy atom. The van der Waals surface area contributed by atoms with Gasteiger partial charge in [-0.1, -0.05) is 0 Å². The van der Waals surface area contributed by atoms with E-state index in [2.05, 4.69) is 26.2 Å². The van der Waals surface area contributed by atoms with Gasteiger partial charge in [0.15, 0.2) is 0 Å². The average molecular weight is 114 g/mol. The minimum atomic E-state index is 0.528. The van der Waals surface area contributed by atoms with Gasteiger partial charge in [-0.25, -0.2) is 0 Å². The number of hydrogen-bond donors (Lipinski definition) is 1. The van der Waals surface area contributed by atoms with Crippen molar-refractivity contribution in [2.75, 3.05) is 7.05 Å². The zero-order chi connectivity index (χ0) is 6.20. The lowest BCUT2D eigenvalue weighted by atomic mass is 10.00. The zero-order valence-corrected chi connectivity index (χ0v) is 6.07. The molecular formula is C7H16N+. The van der Waals surface area contributed by atoms with Crippen LogP contribution in [0.1, 0.15) is 26.7 Å². The number of quaternary nitrogens is 1. The smallest absolute Gasteiger partial charge is 0.0930 e. The second-order valence-electron chi connectivity index (χ2n) is 3.38. The Morgan fingerprint density at radius 3 is 2.00 bits per heavy atom. The summed E-state index contributed by atoms with van der Waals surface area (Å²) in [6, 6.07) is 0. The largest absolute Gasteiger partial charge is 0.344 e. The SMILES string of the molecule is C[NH2+]C(C)(C)C1CC1. The molecule has 0 saturated heterocycles. The molecule has 0 heterocycles. The second-order valence-corrected chi connectivity index (χ2v) is 3.38. The van der Waals surface area contributed by atoms with Gasteiger partial charge in [-0.3, -0.25) is 0 Å². The molecule has 0 spiro atoms. The first-order chi connectivity index (χ1) is 3.67. The van der Waals surface area contributed by atoms with Crippen LogP contribution in [-0.4, -0.2) is 12.6 Å². The van der Waals surface area contributed by atoms with Crippen molar-refractivity contribution in [3.05, 3.63) is 0 Å². The van der Waals surface area contributed by atoms with Crippen molar-refractivity contribution in [1.82, 2.24) is 0 Å². The molecule has 2 N–H and O–H groups in total. The molecule has 0 amide bonds. The van der Waals surface area contributed by atoms with Crippen LogP contribution in [0.3, 0.4) is 0 Å². The first-order valence-corrected chi connectivity index (χ1v) is 3.47. The van der Waals surface area contributed by atoms with Gasteiger partial charge < -0.3 is 5.32 Å². The summed E-state index contributed by atoms with van der Waals surface area (Å²) in [6.45, 7) is 4.65. The fourth-order valence-electron chi connectivity index (χ4n) is 1.06. The third kappa shape index (κ3) is 1.03. The maximum absolute atomic E-state index is 2.32. The number of rotatable bonds is 2. The van der Waals surface area contributed by atoms with Crippen molar-refractivity contribution in [3.63, 3.8) is 0 Å². The standard InChI is InChI=1S/C7H15N/c1-7(2,8-3)6-4-5-6/h6,8H,4-5H2,1-3H3/p+1. The third-order valence-electron chi connectivity index (χ3n) is 2.37. The molecule has 0 bridgehead atoms. The summed E-state index contributed by atoms with van der Waals surface area (Å²) in [5, 5.41) is 2.32. The first kappa shape index (κ1) is 6.09. The van der Waals surface area contributed by atoms with Gasteiger partial charge >= 0.3 is 0 Å². The molecule has 0 atom stereocenters. The topological polar surface area (TPSA) is 16.6 Å². The van der Waals surface area contributed by atoms with Gasteiger partial charge in [0, 0.05) is 5.92 Å². The lowest BCUT2D eigenvalue weighted by molar-refractivity contribution is -0.700. The molecule has 1 fully saturated rings. The monoisotopic (exact) mass is 114 g/mol. The summed E-state index contributed by atoms with van der Waals surface area (Å²) in [5.74, 6) is 1.01. The van der Waals surface area contributed by atoms with Crippen LogP contribution >= 0.6 is 0 Å². The maximum atomic E-state index is 2.32. The normalized spacial score (nSPS) is 21.4. The van der Waals surface area contributed by atoms with Crippen molar-refractivity contribution in [2.45, 2.75) is 32.2 Å². The molecule has 48 valence electrons. The van der Waals surface area contributed by atoms with Gasteiger partial charge in [0.1, 0.15) is 0 Å².